The van der Waals surface area contributed by atoms with Gasteiger partial charge in [-0.05, 0) is 69.5 Å². The Morgan fingerprint density at radius 2 is 1.68 bits per heavy atom. The van der Waals surface area contributed by atoms with Crippen LogP contribution in [0.3, 0.4) is 0 Å². The summed E-state index contributed by atoms with van der Waals surface area (Å²) in [5.41, 5.74) is 0. The van der Waals surface area contributed by atoms with E-state index in [0.717, 1.165) is 64.1 Å². The highest BCUT2D eigenvalue weighted by atomic mass is 35.5. The summed E-state index contributed by atoms with van der Waals surface area (Å²) in [6, 6.07) is 5.64. The van der Waals surface area contributed by atoms with Gasteiger partial charge in [-0.1, -0.05) is 55.0 Å². The Morgan fingerprint density at radius 1 is 1.03 bits per heavy atom. The lowest BCUT2D eigenvalue weighted by Gasteiger charge is -2.34. The van der Waals surface area contributed by atoms with Gasteiger partial charge < -0.3 is 20.1 Å². The fraction of sp³-hybridized carbons (Fsp3) is 0.708. The largest absolute Gasteiger partial charge is 0.489 e. The zero-order valence-electron chi connectivity index (χ0n) is 18.3. The molecular weight excluding hydrogens is 435 g/mol. The van der Waals surface area contributed by atoms with E-state index < -0.39 is 6.09 Å². The van der Waals surface area contributed by atoms with Crippen molar-refractivity contribution < 1.29 is 14.6 Å². The Morgan fingerprint density at radius 3 is 2.26 bits per heavy atom. The van der Waals surface area contributed by atoms with Crippen molar-refractivity contribution in [1.82, 2.24) is 10.2 Å². The third-order valence-corrected chi connectivity index (χ3v) is 7.57. The normalized spacial score (nSPS) is 24.5. The van der Waals surface area contributed by atoms with Crippen molar-refractivity contribution in [2.24, 2.45) is 5.92 Å². The van der Waals surface area contributed by atoms with E-state index in [0.29, 0.717) is 15.8 Å². The minimum Gasteiger partial charge on any atom is -0.489 e. The number of likely N-dealkylation sites (tertiary alicyclic amines) is 1. The number of carbonyl (C=O) groups is 1. The lowest BCUT2D eigenvalue weighted by Crippen LogP contribution is -2.40. The number of benzene rings is 1. The smallest absolute Gasteiger partial charge is 0.404 e. The highest BCUT2D eigenvalue weighted by Gasteiger charge is 2.25. The van der Waals surface area contributed by atoms with E-state index in [9.17, 15) is 4.79 Å². The average Bonchev–Trinajstić information content (AvgIpc) is 2.70. The van der Waals surface area contributed by atoms with E-state index in [1.807, 2.05) is 12.1 Å². The minimum absolute atomic E-state index is 0.143. The number of nitrogens with zero attached hydrogens (tertiary/aromatic N) is 1. The van der Waals surface area contributed by atoms with Crippen LogP contribution in [-0.4, -0.2) is 47.9 Å². The van der Waals surface area contributed by atoms with Crippen LogP contribution in [0.1, 0.15) is 70.6 Å². The lowest BCUT2D eigenvalue weighted by molar-refractivity contribution is 0.0949. The number of hydrogen-bond donors (Lipinski definition) is 2. The number of piperidine rings is 1. The van der Waals surface area contributed by atoms with Crippen molar-refractivity contribution in [3.63, 3.8) is 0 Å². The van der Waals surface area contributed by atoms with E-state index in [1.165, 1.54) is 32.1 Å². The predicted molar refractivity (Wildman–Crippen MR) is 127 cm³/mol. The van der Waals surface area contributed by atoms with Gasteiger partial charge in [-0.3, -0.25) is 0 Å². The van der Waals surface area contributed by atoms with Crippen LogP contribution in [0.15, 0.2) is 18.2 Å². The number of halogens is 2. The van der Waals surface area contributed by atoms with Gasteiger partial charge in [0.05, 0.1) is 5.02 Å². The summed E-state index contributed by atoms with van der Waals surface area (Å²) in [6.07, 6.45) is 12.7. The third-order valence-electron chi connectivity index (χ3n) is 6.77. The highest BCUT2D eigenvalue weighted by molar-refractivity contribution is 6.42. The predicted octanol–water partition coefficient (Wildman–Crippen LogP) is 6.61. The number of carboxylic acid groups (broad SMARTS) is 1. The van der Waals surface area contributed by atoms with Gasteiger partial charge in [-0.25, -0.2) is 4.79 Å². The van der Waals surface area contributed by atoms with Crippen LogP contribution < -0.4 is 10.1 Å². The second kappa shape index (κ2) is 12.8. The molecule has 1 aromatic rings. The molecule has 1 aromatic carbocycles. The van der Waals surface area contributed by atoms with E-state index in [-0.39, 0.29) is 12.1 Å². The standard InChI is InChI=1S/C20H28Cl2N2O3.C4H8/c21-17-2-1-3-18(19(17)22)27-16-9-12-24(13-10-16)11-8-14-4-6-15(7-5-14)23-20(25)26;1-2-4-3-1/h1-3,14-16,23H,4-13H2,(H,25,26);1-4H2/t14-,15-;. The van der Waals surface area contributed by atoms with Gasteiger partial charge in [0.25, 0.3) is 0 Å². The number of ether oxygens (including phenoxy) is 1. The Bertz CT molecular complexity index is 679. The highest BCUT2D eigenvalue weighted by Crippen LogP contribution is 2.33. The average molecular weight is 471 g/mol. The molecule has 0 atom stereocenters. The molecule has 0 bridgehead atoms. The van der Waals surface area contributed by atoms with Gasteiger partial charge in [0.1, 0.15) is 16.9 Å². The Kier molecular flexibility index (Phi) is 10.1. The Labute approximate surface area is 196 Å². The van der Waals surface area contributed by atoms with E-state index in [1.54, 1.807) is 6.07 Å². The van der Waals surface area contributed by atoms with Crippen molar-refractivity contribution in [3.05, 3.63) is 28.2 Å². The molecule has 1 aliphatic heterocycles. The maximum Gasteiger partial charge on any atom is 0.404 e. The van der Waals surface area contributed by atoms with E-state index in [4.69, 9.17) is 33.0 Å². The molecule has 3 fully saturated rings. The molecule has 174 valence electrons. The van der Waals surface area contributed by atoms with Crippen LogP contribution in [-0.2, 0) is 0 Å². The molecule has 0 unspecified atom stereocenters. The quantitative estimate of drug-likeness (QED) is 0.490. The topological polar surface area (TPSA) is 61.8 Å². The first kappa shape index (κ1) is 24.5. The SMILES string of the molecule is C1CCC1.O=C(O)N[C@H]1CC[C@H](CCN2CCC(Oc3cccc(Cl)c3Cl)CC2)CC1. The molecule has 2 N–H and O–H groups in total. The molecule has 2 saturated carbocycles. The van der Waals surface area contributed by atoms with Gasteiger partial charge in [-0.2, -0.15) is 0 Å². The fourth-order valence-corrected chi connectivity index (χ4v) is 4.73. The fourth-order valence-electron chi connectivity index (χ4n) is 4.39. The van der Waals surface area contributed by atoms with Gasteiger partial charge in [0, 0.05) is 19.1 Å². The van der Waals surface area contributed by atoms with Crippen LogP contribution in [0.25, 0.3) is 0 Å². The Hall–Kier alpha value is -1.17. The van der Waals surface area contributed by atoms with E-state index in [2.05, 4.69) is 10.2 Å². The molecule has 31 heavy (non-hydrogen) atoms. The zero-order valence-corrected chi connectivity index (χ0v) is 19.8. The second-order valence-corrected chi connectivity index (χ2v) is 9.87. The summed E-state index contributed by atoms with van der Waals surface area (Å²) < 4.78 is 6.06. The monoisotopic (exact) mass is 470 g/mol. The Balaban J connectivity index is 0.000000610. The lowest BCUT2D eigenvalue weighted by atomic mass is 9.84. The van der Waals surface area contributed by atoms with Crippen LogP contribution in [0.5, 0.6) is 5.75 Å². The molecule has 2 aliphatic carbocycles. The van der Waals surface area contributed by atoms with Crippen LogP contribution in [0.2, 0.25) is 10.0 Å². The summed E-state index contributed by atoms with van der Waals surface area (Å²) in [6.45, 7) is 3.20. The summed E-state index contributed by atoms with van der Waals surface area (Å²) in [4.78, 5) is 13.2. The second-order valence-electron chi connectivity index (χ2n) is 9.08. The number of rotatable bonds is 6. The molecule has 1 saturated heterocycles. The summed E-state index contributed by atoms with van der Waals surface area (Å²) in [5, 5.41) is 12.4. The zero-order chi connectivity index (χ0) is 22.1. The molecule has 7 heteroatoms. The first-order valence-electron chi connectivity index (χ1n) is 11.8. The summed E-state index contributed by atoms with van der Waals surface area (Å²) in [7, 11) is 0. The molecule has 4 rings (SSSR count). The molecule has 0 radical (unpaired) electrons. The van der Waals surface area contributed by atoms with Gasteiger partial charge in [-0.15, -0.1) is 0 Å². The summed E-state index contributed by atoms with van der Waals surface area (Å²) >= 11 is 12.3. The summed E-state index contributed by atoms with van der Waals surface area (Å²) in [5.74, 6) is 1.39. The van der Waals surface area contributed by atoms with Crippen molar-refractivity contribution in [2.75, 3.05) is 19.6 Å². The maximum atomic E-state index is 10.7. The van der Waals surface area contributed by atoms with Crippen LogP contribution in [0, 0.1) is 5.92 Å². The molecule has 5 nitrogen and oxygen atoms in total. The maximum absolute atomic E-state index is 10.7. The van der Waals surface area contributed by atoms with Crippen molar-refractivity contribution in [1.29, 1.82) is 0 Å². The van der Waals surface area contributed by atoms with Gasteiger partial charge >= 0.3 is 6.09 Å². The number of hydrogen-bond acceptors (Lipinski definition) is 3. The van der Waals surface area contributed by atoms with Crippen molar-refractivity contribution in [3.8, 4) is 5.75 Å². The molecule has 0 aromatic heterocycles. The van der Waals surface area contributed by atoms with Crippen LogP contribution >= 0.6 is 23.2 Å². The van der Waals surface area contributed by atoms with Crippen molar-refractivity contribution >= 4 is 29.3 Å². The molecule has 0 spiro atoms. The first-order valence-corrected chi connectivity index (χ1v) is 12.6. The van der Waals surface area contributed by atoms with Gasteiger partial charge in [0.2, 0.25) is 0 Å². The van der Waals surface area contributed by atoms with Gasteiger partial charge in [0.15, 0.2) is 0 Å². The first-order chi connectivity index (χ1) is 15.0. The van der Waals surface area contributed by atoms with Crippen molar-refractivity contribution in [2.45, 2.75) is 82.8 Å². The van der Waals surface area contributed by atoms with Crippen LogP contribution in [0.4, 0.5) is 4.79 Å². The molecule has 1 amide bonds. The molecular formula is C24H36Cl2N2O3. The van der Waals surface area contributed by atoms with E-state index >= 15 is 0 Å². The molecule has 1 heterocycles. The molecule has 3 aliphatic rings. The third kappa shape index (κ3) is 8.36. The number of nitrogens with one attached hydrogen (secondary N) is 1. The number of amides is 1. The minimum atomic E-state index is -0.900.